The van der Waals surface area contributed by atoms with E-state index in [9.17, 15) is 4.79 Å². The fraction of sp³-hybridized carbons (Fsp3) is 0.812. The maximum Gasteiger partial charge on any atom is 0.155 e. The van der Waals surface area contributed by atoms with Crippen LogP contribution in [-0.4, -0.2) is 5.78 Å². The van der Waals surface area contributed by atoms with Crippen LogP contribution in [0.3, 0.4) is 0 Å². The third-order valence-corrected chi connectivity index (χ3v) is 5.44. The summed E-state index contributed by atoms with van der Waals surface area (Å²) in [5.74, 6) is 3.48. The van der Waals surface area contributed by atoms with Gasteiger partial charge in [-0.25, -0.2) is 0 Å². The number of Topliss-reactive ketones (excluding diaryl/α,β-unsaturated/α-hetero) is 1. The van der Waals surface area contributed by atoms with Crippen LogP contribution >= 0.6 is 0 Å². The Kier molecular flexibility index (Phi) is 3.10. The van der Waals surface area contributed by atoms with E-state index in [2.05, 4.69) is 6.08 Å². The minimum absolute atomic E-state index is 0.353. The monoisotopic (exact) mass is 232 g/mol. The van der Waals surface area contributed by atoms with E-state index in [0.717, 1.165) is 17.8 Å². The van der Waals surface area contributed by atoms with Gasteiger partial charge in [-0.3, -0.25) is 4.79 Å². The second-order valence-electron chi connectivity index (χ2n) is 6.35. The zero-order valence-corrected chi connectivity index (χ0v) is 11.0. The van der Waals surface area contributed by atoms with Crippen LogP contribution in [0.15, 0.2) is 11.6 Å². The van der Waals surface area contributed by atoms with Crippen LogP contribution in [0.25, 0.3) is 0 Å². The zero-order valence-electron chi connectivity index (χ0n) is 11.0. The molecule has 4 atom stereocenters. The summed E-state index contributed by atoms with van der Waals surface area (Å²) in [6, 6.07) is 0. The first-order chi connectivity index (χ1) is 8.27. The minimum atomic E-state index is 0.353. The first-order valence-corrected chi connectivity index (χ1v) is 7.50. The zero-order chi connectivity index (χ0) is 11.8. The van der Waals surface area contributed by atoms with Crippen LogP contribution in [0.1, 0.15) is 58.3 Å². The van der Waals surface area contributed by atoms with Crippen molar-refractivity contribution >= 4 is 5.78 Å². The summed E-state index contributed by atoms with van der Waals surface area (Å²) < 4.78 is 0. The summed E-state index contributed by atoms with van der Waals surface area (Å²) in [7, 11) is 0. The molecule has 1 heteroatoms. The van der Waals surface area contributed by atoms with Gasteiger partial charge < -0.3 is 0 Å². The van der Waals surface area contributed by atoms with Crippen LogP contribution in [0.4, 0.5) is 0 Å². The maximum atomic E-state index is 11.9. The van der Waals surface area contributed by atoms with Crippen molar-refractivity contribution in [2.75, 3.05) is 0 Å². The molecule has 2 saturated carbocycles. The van der Waals surface area contributed by atoms with Crippen molar-refractivity contribution in [3.05, 3.63) is 11.6 Å². The molecule has 2 fully saturated rings. The molecule has 3 aliphatic rings. The molecule has 94 valence electrons. The lowest BCUT2D eigenvalue weighted by Gasteiger charge is -2.46. The summed E-state index contributed by atoms with van der Waals surface area (Å²) in [6.07, 6.45) is 13.3. The standard InChI is InChI=1S/C16H24O/c1-11(17)16-10-12-6-2-3-7-13(12)14-8-4-5-9-15(14)16/h10,12-15H,2-9H2,1H3. The summed E-state index contributed by atoms with van der Waals surface area (Å²) in [4.78, 5) is 11.9. The summed E-state index contributed by atoms with van der Waals surface area (Å²) in [5.41, 5.74) is 1.21. The van der Waals surface area contributed by atoms with Crippen LogP contribution in [0.5, 0.6) is 0 Å². The molecular formula is C16H24O. The fourth-order valence-electron chi connectivity index (χ4n) is 4.72. The van der Waals surface area contributed by atoms with Crippen molar-refractivity contribution in [2.24, 2.45) is 23.7 Å². The topological polar surface area (TPSA) is 17.1 Å². The lowest BCUT2D eigenvalue weighted by atomic mass is 9.58. The van der Waals surface area contributed by atoms with Gasteiger partial charge in [-0.1, -0.05) is 31.8 Å². The molecular weight excluding hydrogens is 208 g/mol. The average Bonchev–Trinajstić information content (AvgIpc) is 2.37. The Bertz CT molecular complexity index is 341. The van der Waals surface area contributed by atoms with Gasteiger partial charge in [0.15, 0.2) is 5.78 Å². The third-order valence-electron chi connectivity index (χ3n) is 5.44. The molecule has 0 spiro atoms. The number of ketones is 1. The Labute approximate surface area is 105 Å². The van der Waals surface area contributed by atoms with Crippen LogP contribution < -0.4 is 0 Å². The number of hydrogen-bond acceptors (Lipinski definition) is 1. The van der Waals surface area contributed by atoms with Gasteiger partial charge in [-0.2, -0.15) is 0 Å². The lowest BCUT2D eigenvalue weighted by molar-refractivity contribution is -0.115. The Balaban J connectivity index is 1.93. The molecule has 3 aliphatic carbocycles. The summed E-state index contributed by atoms with van der Waals surface area (Å²) in [6.45, 7) is 1.78. The number of hydrogen-bond donors (Lipinski definition) is 0. The highest BCUT2D eigenvalue weighted by Crippen LogP contribution is 2.50. The average molecular weight is 232 g/mol. The SMILES string of the molecule is CC(=O)C1=CC2CCCCC2C2CCCCC12. The van der Waals surface area contributed by atoms with Crippen molar-refractivity contribution in [1.82, 2.24) is 0 Å². The van der Waals surface area contributed by atoms with E-state index in [-0.39, 0.29) is 0 Å². The molecule has 17 heavy (non-hydrogen) atoms. The normalized spacial score (nSPS) is 41.1. The quantitative estimate of drug-likeness (QED) is 0.664. The predicted octanol–water partition coefficient (Wildman–Crippen LogP) is 4.13. The Morgan fingerprint density at radius 1 is 1.00 bits per heavy atom. The number of carbonyl (C=O) groups is 1. The van der Waals surface area contributed by atoms with Gasteiger partial charge >= 0.3 is 0 Å². The molecule has 4 unspecified atom stereocenters. The molecule has 0 amide bonds. The van der Waals surface area contributed by atoms with E-state index in [1.807, 2.05) is 0 Å². The van der Waals surface area contributed by atoms with E-state index >= 15 is 0 Å². The largest absolute Gasteiger partial charge is 0.295 e. The van der Waals surface area contributed by atoms with Crippen LogP contribution in [0.2, 0.25) is 0 Å². The van der Waals surface area contributed by atoms with Crippen LogP contribution in [0, 0.1) is 23.7 Å². The van der Waals surface area contributed by atoms with Gasteiger partial charge in [0.25, 0.3) is 0 Å². The molecule has 0 aromatic rings. The Hall–Kier alpha value is -0.590. The van der Waals surface area contributed by atoms with E-state index in [4.69, 9.17) is 0 Å². The molecule has 0 radical (unpaired) electrons. The highest BCUT2D eigenvalue weighted by Gasteiger charge is 2.42. The first-order valence-electron chi connectivity index (χ1n) is 7.50. The number of allylic oxidation sites excluding steroid dienone is 2. The molecule has 0 saturated heterocycles. The van der Waals surface area contributed by atoms with Gasteiger partial charge in [-0.05, 0) is 61.9 Å². The molecule has 0 aromatic heterocycles. The smallest absolute Gasteiger partial charge is 0.155 e. The Morgan fingerprint density at radius 2 is 1.65 bits per heavy atom. The van der Waals surface area contributed by atoms with Crippen molar-refractivity contribution < 1.29 is 4.79 Å². The summed E-state index contributed by atoms with van der Waals surface area (Å²) >= 11 is 0. The molecule has 0 N–H and O–H groups in total. The molecule has 1 nitrogen and oxygen atoms in total. The highest BCUT2D eigenvalue weighted by molar-refractivity contribution is 5.94. The van der Waals surface area contributed by atoms with E-state index in [1.165, 1.54) is 56.9 Å². The fourth-order valence-corrected chi connectivity index (χ4v) is 4.72. The number of rotatable bonds is 1. The summed E-state index contributed by atoms with van der Waals surface area (Å²) in [5, 5.41) is 0. The number of fused-ring (bicyclic) bond motifs is 3. The van der Waals surface area contributed by atoms with Crippen molar-refractivity contribution in [3.8, 4) is 0 Å². The Morgan fingerprint density at radius 3 is 2.41 bits per heavy atom. The van der Waals surface area contributed by atoms with E-state index < -0.39 is 0 Å². The maximum absolute atomic E-state index is 11.9. The van der Waals surface area contributed by atoms with Gasteiger partial charge in [-0.15, -0.1) is 0 Å². The molecule has 0 heterocycles. The van der Waals surface area contributed by atoms with E-state index in [1.54, 1.807) is 6.92 Å². The molecule has 0 aromatic carbocycles. The van der Waals surface area contributed by atoms with Crippen LogP contribution in [-0.2, 0) is 4.79 Å². The predicted molar refractivity (Wildman–Crippen MR) is 69.7 cm³/mol. The molecule has 3 rings (SSSR count). The second kappa shape index (κ2) is 4.59. The highest BCUT2D eigenvalue weighted by atomic mass is 16.1. The van der Waals surface area contributed by atoms with Gasteiger partial charge in [0.1, 0.15) is 0 Å². The number of carbonyl (C=O) groups excluding carboxylic acids is 1. The first kappa shape index (κ1) is 11.5. The van der Waals surface area contributed by atoms with Crippen molar-refractivity contribution in [1.29, 1.82) is 0 Å². The minimum Gasteiger partial charge on any atom is -0.295 e. The second-order valence-corrected chi connectivity index (χ2v) is 6.35. The van der Waals surface area contributed by atoms with Crippen molar-refractivity contribution in [3.63, 3.8) is 0 Å². The van der Waals surface area contributed by atoms with Gasteiger partial charge in [0.2, 0.25) is 0 Å². The van der Waals surface area contributed by atoms with Gasteiger partial charge in [0.05, 0.1) is 0 Å². The lowest BCUT2D eigenvalue weighted by Crippen LogP contribution is -2.39. The molecule has 0 aliphatic heterocycles. The molecule has 0 bridgehead atoms. The van der Waals surface area contributed by atoms with E-state index in [0.29, 0.717) is 11.7 Å². The van der Waals surface area contributed by atoms with Crippen molar-refractivity contribution in [2.45, 2.75) is 58.3 Å². The van der Waals surface area contributed by atoms with Gasteiger partial charge in [0, 0.05) is 0 Å². The third kappa shape index (κ3) is 1.98.